The lowest BCUT2D eigenvalue weighted by Crippen LogP contribution is -2.31. The van der Waals surface area contributed by atoms with E-state index in [2.05, 4.69) is 43.1 Å². The standard InChI is InChI=1S/C24H26Cl2N6O/c1-14-23(26)22(20(25)12-27-14)15(2)33-18-4-5-21-19(10-18)24(30-29-21)16-11-28-32(13-16)17-6-8-31(3)9-7-17/h4-5,10-13,15,17H,6-9H2,1-3H3,(H,29,30). The Kier molecular flexibility index (Phi) is 6.03. The molecule has 172 valence electrons. The van der Waals surface area contributed by atoms with Gasteiger partial charge in [0.25, 0.3) is 0 Å². The van der Waals surface area contributed by atoms with Crippen LogP contribution in [0, 0.1) is 6.92 Å². The van der Waals surface area contributed by atoms with Crippen molar-refractivity contribution in [1.82, 2.24) is 29.9 Å². The highest BCUT2D eigenvalue weighted by Gasteiger charge is 2.21. The summed E-state index contributed by atoms with van der Waals surface area (Å²) in [5.41, 5.74) is 4.24. The molecule has 0 amide bonds. The van der Waals surface area contributed by atoms with Crippen LogP contribution in [0.3, 0.4) is 0 Å². The Morgan fingerprint density at radius 2 is 1.97 bits per heavy atom. The van der Waals surface area contributed by atoms with E-state index in [1.807, 2.05) is 38.2 Å². The maximum atomic E-state index is 6.46. The molecule has 1 fully saturated rings. The Hall–Kier alpha value is -2.61. The van der Waals surface area contributed by atoms with Crippen LogP contribution >= 0.6 is 23.2 Å². The number of aromatic amines is 1. The van der Waals surface area contributed by atoms with Gasteiger partial charge >= 0.3 is 0 Å². The average molecular weight is 485 g/mol. The minimum absolute atomic E-state index is 0.341. The number of pyridine rings is 1. The van der Waals surface area contributed by atoms with Crippen molar-refractivity contribution < 1.29 is 4.74 Å². The monoisotopic (exact) mass is 484 g/mol. The molecule has 33 heavy (non-hydrogen) atoms. The van der Waals surface area contributed by atoms with Gasteiger partial charge in [-0.1, -0.05) is 23.2 Å². The van der Waals surface area contributed by atoms with Crippen molar-refractivity contribution in [1.29, 1.82) is 0 Å². The van der Waals surface area contributed by atoms with Crippen molar-refractivity contribution >= 4 is 34.1 Å². The number of aryl methyl sites for hydroxylation is 1. The summed E-state index contributed by atoms with van der Waals surface area (Å²) in [5.74, 6) is 0.710. The second kappa shape index (κ2) is 8.97. The summed E-state index contributed by atoms with van der Waals surface area (Å²) in [6, 6.07) is 6.31. The third-order valence-electron chi connectivity index (χ3n) is 6.37. The largest absolute Gasteiger partial charge is 0.486 e. The normalized spacial score (nSPS) is 16.4. The number of H-pyrrole nitrogens is 1. The molecule has 1 unspecified atom stereocenters. The minimum Gasteiger partial charge on any atom is -0.486 e. The number of halogens is 2. The van der Waals surface area contributed by atoms with Gasteiger partial charge in [-0.05, 0) is 65.0 Å². The molecule has 1 aliphatic rings. The van der Waals surface area contributed by atoms with Crippen LogP contribution < -0.4 is 4.74 Å². The molecular formula is C24H26Cl2N6O. The second-order valence-corrected chi connectivity index (χ2v) is 9.49. The third kappa shape index (κ3) is 4.33. The molecule has 1 saturated heterocycles. The van der Waals surface area contributed by atoms with E-state index in [0.717, 1.165) is 59.3 Å². The fourth-order valence-electron chi connectivity index (χ4n) is 4.42. The number of hydrogen-bond donors (Lipinski definition) is 1. The molecule has 1 aliphatic heterocycles. The van der Waals surface area contributed by atoms with Crippen molar-refractivity contribution in [3.63, 3.8) is 0 Å². The number of nitrogens with zero attached hydrogens (tertiary/aromatic N) is 5. The van der Waals surface area contributed by atoms with Crippen molar-refractivity contribution in [2.75, 3.05) is 20.1 Å². The molecule has 7 nitrogen and oxygen atoms in total. The maximum Gasteiger partial charge on any atom is 0.124 e. The lowest BCUT2D eigenvalue weighted by molar-refractivity contribution is 0.212. The molecule has 3 aromatic heterocycles. The van der Waals surface area contributed by atoms with E-state index in [1.165, 1.54) is 0 Å². The highest BCUT2D eigenvalue weighted by Crippen LogP contribution is 2.36. The summed E-state index contributed by atoms with van der Waals surface area (Å²) in [5, 5.41) is 14.3. The molecule has 0 radical (unpaired) electrons. The molecule has 4 heterocycles. The van der Waals surface area contributed by atoms with Crippen LogP contribution in [0.15, 0.2) is 36.8 Å². The Morgan fingerprint density at radius 1 is 1.18 bits per heavy atom. The van der Waals surface area contributed by atoms with Crippen molar-refractivity contribution in [3.8, 4) is 17.0 Å². The van der Waals surface area contributed by atoms with Gasteiger partial charge in [0.05, 0.1) is 33.5 Å². The fourth-order valence-corrected chi connectivity index (χ4v) is 5.07. The minimum atomic E-state index is -0.341. The molecule has 0 saturated carbocycles. The first kappa shape index (κ1) is 22.2. The van der Waals surface area contributed by atoms with Crippen LogP contribution in [0.2, 0.25) is 10.0 Å². The van der Waals surface area contributed by atoms with Gasteiger partial charge in [0.2, 0.25) is 0 Å². The van der Waals surface area contributed by atoms with E-state index in [9.17, 15) is 0 Å². The van der Waals surface area contributed by atoms with Gasteiger partial charge in [-0.2, -0.15) is 10.2 Å². The van der Waals surface area contributed by atoms with E-state index in [4.69, 9.17) is 27.9 Å². The van der Waals surface area contributed by atoms with Gasteiger partial charge in [-0.15, -0.1) is 0 Å². The van der Waals surface area contributed by atoms with Gasteiger partial charge in [-0.25, -0.2) is 0 Å². The molecule has 0 bridgehead atoms. The Bertz CT molecular complexity index is 1290. The summed E-state index contributed by atoms with van der Waals surface area (Å²) in [7, 11) is 2.17. The number of piperidine rings is 1. The summed E-state index contributed by atoms with van der Waals surface area (Å²) in [6.45, 7) is 5.97. The highest BCUT2D eigenvalue weighted by molar-refractivity contribution is 6.36. The number of hydrogen-bond acceptors (Lipinski definition) is 5. The molecule has 1 atom stereocenters. The van der Waals surface area contributed by atoms with Gasteiger partial charge in [0.15, 0.2) is 0 Å². The molecule has 5 rings (SSSR count). The molecule has 4 aromatic rings. The second-order valence-electron chi connectivity index (χ2n) is 8.70. The van der Waals surface area contributed by atoms with Crippen LogP contribution in [0.4, 0.5) is 0 Å². The van der Waals surface area contributed by atoms with E-state index in [1.54, 1.807) is 6.20 Å². The number of ether oxygens (including phenoxy) is 1. The van der Waals surface area contributed by atoms with Gasteiger partial charge in [-0.3, -0.25) is 14.8 Å². The molecule has 9 heteroatoms. The lowest BCUT2D eigenvalue weighted by atomic mass is 10.1. The Morgan fingerprint density at radius 3 is 2.76 bits per heavy atom. The number of nitrogens with one attached hydrogen (secondary N) is 1. The van der Waals surface area contributed by atoms with E-state index >= 15 is 0 Å². The van der Waals surface area contributed by atoms with E-state index in [0.29, 0.717) is 21.8 Å². The zero-order chi connectivity index (χ0) is 23.1. The number of rotatable bonds is 5. The Balaban J connectivity index is 1.41. The number of benzene rings is 1. The van der Waals surface area contributed by atoms with E-state index < -0.39 is 0 Å². The first-order chi connectivity index (χ1) is 15.9. The first-order valence-corrected chi connectivity index (χ1v) is 11.8. The van der Waals surface area contributed by atoms with Gasteiger partial charge in [0.1, 0.15) is 17.5 Å². The van der Waals surface area contributed by atoms with Crippen LogP contribution in [0.1, 0.15) is 43.2 Å². The van der Waals surface area contributed by atoms with Gasteiger partial charge < -0.3 is 9.64 Å². The van der Waals surface area contributed by atoms with Gasteiger partial charge in [0, 0.05) is 28.9 Å². The first-order valence-electron chi connectivity index (χ1n) is 11.1. The fraction of sp³-hybridized carbons (Fsp3) is 0.375. The predicted octanol–water partition coefficient (Wildman–Crippen LogP) is 5.84. The van der Waals surface area contributed by atoms with Crippen LogP contribution in [-0.2, 0) is 0 Å². The summed E-state index contributed by atoms with van der Waals surface area (Å²) >= 11 is 12.8. The van der Waals surface area contributed by atoms with E-state index in [-0.39, 0.29) is 6.10 Å². The summed E-state index contributed by atoms with van der Waals surface area (Å²) in [4.78, 5) is 6.56. The Labute approximate surface area is 202 Å². The highest BCUT2D eigenvalue weighted by atomic mass is 35.5. The third-order valence-corrected chi connectivity index (χ3v) is 7.15. The molecular weight excluding hydrogens is 459 g/mol. The molecule has 0 aliphatic carbocycles. The molecule has 0 spiro atoms. The zero-order valence-electron chi connectivity index (χ0n) is 18.8. The number of likely N-dealkylation sites (tertiary alicyclic amines) is 1. The van der Waals surface area contributed by atoms with Crippen molar-refractivity contribution in [3.05, 3.63) is 58.1 Å². The summed E-state index contributed by atoms with van der Waals surface area (Å²) < 4.78 is 8.32. The molecule has 1 N–H and O–H groups in total. The topological polar surface area (TPSA) is 71.9 Å². The lowest BCUT2D eigenvalue weighted by Gasteiger charge is -2.28. The SMILES string of the molecule is Cc1ncc(Cl)c(C(C)Oc2ccc3[nH]nc(-c4cnn(C5CCN(C)CC5)c4)c3c2)c1Cl. The predicted molar refractivity (Wildman–Crippen MR) is 131 cm³/mol. The summed E-state index contributed by atoms with van der Waals surface area (Å²) in [6.07, 6.45) is 7.47. The molecule has 1 aromatic carbocycles. The number of aromatic nitrogens is 5. The quantitative estimate of drug-likeness (QED) is 0.384. The number of fused-ring (bicyclic) bond motifs is 1. The zero-order valence-corrected chi connectivity index (χ0v) is 20.4. The van der Waals surface area contributed by atoms with Crippen LogP contribution in [0.5, 0.6) is 5.75 Å². The smallest absolute Gasteiger partial charge is 0.124 e. The van der Waals surface area contributed by atoms with Crippen LogP contribution in [0.25, 0.3) is 22.2 Å². The average Bonchev–Trinajstić information content (AvgIpc) is 3.44. The van der Waals surface area contributed by atoms with Crippen molar-refractivity contribution in [2.24, 2.45) is 0 Å². The maximum absolute atomic E-state index is 6.46. The van der Waals surface area contributed by atoms with Crippen molar-refractivity contribution in [2.45, 2.75) is 38.8 Å². The van der Waals surface area contributed by atoms with Crippen LogP contribution in [-0.4, -0.2) is 50.0 Å².